The molecule has 0 saturated carbocycles. The minimum absolute atomic E-state index is 0.00793. The number of halogens is 1. The topological polar surface area (TPSA) is 61.4 Å². The lowest BCUT2D eigenvalue weighted by molar-refractivity contribution is 0.609. The van der Waals surface area contributed by atoms with Crippen LogP contribution < -0.4 is 0 Å². The standard InChI is InChI=1S/C11H17ClN6/c1-5-9(12)11-7(2)14-18(8(11)3)6-10-13-16-17(4)15-10/h9H,5-6H2,1-4H3. The number of tetrazole rings is 1. The van der Waals surface area contributed by atoms with Crippen LogP contribution in [0, 0.1) is 13.8 Å². The lowest BCUT2D eigenvalue weighted by Gasteiger charge is -2.07. The van der Waals surface area contributed by atoms with Gasteiger partial charge in [0, 0.05) is 11.3 Å². The Morgan fingerprint density at radius 2 is 2.00 bits per heavy atom. The fourth-order valence-electron chi connectivity index (χ4n) is 2.04. The summed E-state index contributed by atoms with van der Waals surface area (Å²) in [6, 6.07) is 0. The van der Waals surface area contributed by atoms with E-state index in [0.717, 1.165) is 23.4 Å². The largest absolute Gasteiger partial charge is 0.261 e. The fourth-order valence-corrected chi connectivity index (χ4v) is 2.36. The smallest absolute Gasteiger partial charge is 0.196 e. The van der Waals surface area contributed by atoms with Crippen LogP contribution in [-0.2, 0) is 13.6 Å². The molecule has 0 radical (unpaired) electrons. The second kappa shape index (κ2) is 5.06. The average Bonchev–Trinajstić information content (AvgIpc) is 2.84. The highest BCUT2D eigenvalue weighted by atomic mass is 35.5. The summed E-state index contributed by atoms with van der Waals surface area (Å²) < 4.78 is 1.88. The molecule has 0 amide bonds. The number of alkyl halides is 1. The van der Waals surface area contributed by atoms with E-state index in [-0.39, 0.29) is 5.38 Å². The van der Waals surface area contributed by atoms with Gasteiger partial charge in [-0.1, -0.05) is 6.92 Å². The average molecular weight is 269 g/mol. The van der Waals surface area contributed by atoms with Gasteiger partial charge < -0.3 is 0 Å². The van der Waals surface area contributed by atoms with E-state index in [1.165, 1.54) is 4.80 Å². The molecule has 2 aromatic heterocycles. The highest BCUT2D eigenvalue weighted by Crippen LogP contribution is 2.29. The zero-order valence-electron chi connectivity index (χ0n) is 11.1. The van der Waals surface area contributed by atoms with Gasteiger partial charge in [-0.2, -0.15) is 9.90 Å². The van der Waals surface area contributed by atoms with Crippen molar-refractivity contribution < 1.29 is 0 Å². The molecule has 1 unspecified atom stereocenters. The Bertz CT molecular complexity index is 544. The highest BCUT2D eigenvalue weighted by Gasteiger charge is 2.18. The van der Waals surface area contributed by atoms with Crippen molar-refractivity contribution in [2.75, 3.05) is 0 Å². The molecule has 0 aliphatic carbocycles. The Morgan fingerprint density at radius 3 is 2.56 bits per heavy atom. The summed E-state index contributed by atoms with van der Waals surface area (Å²) in [6.07, 6.45) is 0.887. The molecule has 2 heterocycles. The maximum Gasteiger partial charge on any atom is 0.196 e. The van der Waals surface area contributed by atoms with E-state index >= 15 is 0 Å². The van der Waals surface area contributed by atoms with E-state index in [1.807, 2.05) is 18.5 Å². The van der Waals surface area contributed by atoms with Crippen molar-refractivity contribution in [3.8, 4) is 0 Å². The van der Waals surface area contributed by atoms with Gasteiger partial charge in [0.1, 0.15) is 6.54 Å². The van der Waals surface area contributed by atoms with Gasteiger partial charge in [0.25, 0.3) is 0 Å². The van der Waals surface area contributed by atoms with E-state index in [1.54, 1.807) is 7.05 Å². The summed E-state index contributed by atoms with van der Waals surface area (Å²) in [5.74, 6) is 0.650. The molecule has 0 N–H and O–H groups in total. The summed E-state index contributed by atoms with van der Waals surface area (Å²) in [7, 11) is 1.75. The van der Waals surface area contributed by atoms with Crippen molar-refractivity contribution in [3.63, 3.8) is 0 Å². The molecule has 2 aromatic rings. The SMILES string of the molecule is CCC(Cl)c1c(C)nn(Cc2nnn(C)n2)c1C. The number of rotatable bonds is 4. The van der Waals surface area contributed by atoms with Gasteiger partial charge in [-0.3, -0.25) is 4.68 Å². The van der Waals surface area contributed by atoms with Crippen LogP contribution in [0.1, 0.15) is 41.5 Å². The van der Waals surface area contributed by atoms with Gasteiger partial charge in [-0.05, 0) is 25.5 Å². The van der Waals surface area contributed by atoms with Crippen LogP contribution in [0.15, 0.2) is 0 Å². The molecule has 0 fully saturated rings. The molecule has 0 aliphatic heterocycles. The van der Waals surface area contributed by atoms with Gasteiger partial charge >= 0.3 is 0 Å². The van der Waals surface area contributed by atoms with Crippen LogP contribution >= 0.6 is 11.6 Å². The van der Waals surface area contributed by atoms with Crippen LogP contribution in [0.3, 0.4) is 0 Å². The summed E-state index contributed by atoms with van der Waals surface area (Å²) in [4.78, 5) is 1.44. The Kier molecular flexibility index (Phi) is 3.65. The first-order chi connectivity index (χ1) is 8.52. The molecule has 0 bridgehead atoms. The number of hydrogen-bond acceptors (Lipinski definition) is 4. The van der Waals surface area contributed by atoms with Crippen molar-refractivity contribution >= 4 is 11.6 Å². The normalized spacial score (nSPS) is 12.9. The predicted molar refractivity (Wildman–Crippen MR) is 68.5 cm³/mol. The third-order valence-electron chi connectivity index (χ3n) is 2.95. The molecule has 6 nitrogen and oxygen atoms in total. The number of aryl methyl sites for hydroxylation is 2. The summed E-state index contributed by atoms with van der Waals surface area (Å²) in [5, 5.41) is 16.4. The maximum atomic E-state index is 6.32. The van der Waals surface area contributed by atoms with Crippen LogP contribution in [0.2, 0.25) is 0 Å². The molecule has 98 valence electrons. The highest BCUT2D eigenvalue weighted by molar-refractivity contribution is 6.20. The first kappa shape index (κ1) is 13.0. The minimum Gasteiger partial charge on any atom is -0.261 e. The zero-order chi connectivity index (χ0) is 13.3. The lowest BCUT2D eigenvalue weighted by Crippen LogP contribution is -2.06. The maximum absolute atomic E-state index is 6.32. The number of hydrogen-bond donors (Lipinski definition) is 0. The molecule has 0 spiro atoms. The van der Waals surface area contributed by atoms with Gasteiger partial charge in [0.05, 0.1) is 18.1 Å². The van der Waals surface area contributed by atoms with E-state index in [4.69, 9.17) is 11.6 Å². The van der Waals surface area contributed by atoms with Gasteiger partial charge in [-0.15, -0.1) is 21.8 Å². The van der Waals surface area contributed by atoms with Crippen LogP contribution in [-0.4, -0.2) is 30.0 Å². The van der Waals surface area contributed by atoms with Crippen molar-refractivity contribution in [1.82, 2.24) is 30.0 Å². The molecule has 0 aliphatic rings. The molecule has 0 saturated heterocycles. The van der Waals surface area contributed by atoms with E-state index in [0.29, 0.717) is 12.4 Å². The van der Waals surface area contributed by atoms with Gasteiger partial charge in [0.15, 0.2) is 5.82 Å². The van der Waals surface area contributed by atoms with Gasteiger partial charge in [0.2, 0.25) is 0 Å². The van der Waals surface area contributed by atoms with Crippen molar-refractivity contribution in [2.45, 2.75) is 39.1 Å². The Hall–Kier alpha value is -1.43. The Labute approximate surface area is 111 Å². The van der Waals surface area contributed by atoms with Gasteiger partial charge in [-0.25, -0.2) is 0 Å². The lowest BCUT2D eigenvalue weighted by atomic mass is 10.1. The minimum atomic E-state index is 0.00793. The molecular weight excluding hydrogens is 252 g/mol. The third-order valence-corrected chi connectivity index (χ3v) is 3.48. The summed E-state index contributed by atoms with van der Waals surface area (Å²) in [5.41, 5.74) is 3.16. The van der Waals surface area contributed by atoms with E-state index < -0.39 is 0 Å². The number of nitrogens with zero attached hydrogens (tertiary/aromatic N) is 6. The van der Waals surface area contributed by atoms with Crippen LogP contribution in [0.5, 0.6) is 0 Å². The fraction of sp³-hybridized carbons (Fsp3) is 0.636. The zero-order valence-corrected chi connectivity index (χ0v) is 11.8. The first-order valence-electron chi connectivity index (χ1n) is 5.93. The monoisotopic (exact) mass is 268 g/mol. The predicted octanol–water partition coefficient (Wildman–Crippen LogP) is 1.76. The molecule has 18 heavy (non-hydrogen) atoms. The first-order valence-corrected chi connectivity index (χ1v) is 6.37. The Balaban J connectivity index is 2.29. The summed E-state index contributed by atoms with van der Waals surface area (Å²) in [6.45, 7) is 6.59. The van der Waals surface area contributed by atoms with E-state index in [2.05, 4.69) is 27.4 Å². The molecule has 2 rings (SSSR count). The van der Waals surface area contributed by atoms with Crippen molar-refractivity contribution in [2.24, 2.45) is 7.05 Å². The second-order valence-electron chi connectivity index (χ2n) is 4.31. The van der Waals surface area contributed by atoms with Crippen molar-refractivity contribution in [3.05, 3.63) is 22.8 Å². The molecular formula is C11H17ClN6. The molecule has 0 aromatic carbocycles. The number of aromatic nitrogens is 6. The van der Waals surface area contributed by atoms with E-state index in [9.17, 15) is 0 Å². The molecule has 1 atom stereocenters. The quantitative estimate of drug-likeness (QED) is 0.793. The summed E-state index contributed by atoms with van der Waals surface area (Å²) >= 11 is 6.32. The second-order valence-corrected chi connectivity index (χ2v) is 4.84. The van der Waals surface area contributed by atoms with Crippen LogP contribution in [0.4, 0.5) is 0 Å². The molecule has 7 heteroatoms. The third kappa shape index (κ3) is 2.38. The van der Waals surface area contributed by atoms with Crippen molar-refractivity contribution in [1.29, 1.82) is 0 Å². The Morgan fingerprint density at radius 1 is 1.28 bits per heavy atom. The van der Waals surface area contributed by atoms with Crippen LogP contribution in [0.25, 0.3) is 0 Å².